The third kappa shape index (κ3) is 3.09. The summed E-state index contributed by atoms with van der Waals surface area (Å²) in [5, 5.41) is 1.10. The largest absolute Gasteiger partial charge is 0.495 e. The van der Waals surface area contributed by atoms with E-state index in [4.69, 9.17) is 20.5 Å². The fourth-order valence-electron chi connectivity index (χ4n) is 2.11. The van der Waals surface area contributed by atoms with Crippen molar-refractivity contribution >= 4 is 32.6 Å². The second-order valence-corrected chi connectivity index (χ2v) is 6.62. The minimum Gasteiger partial charge on any atom is -0.495 e. The normalized spacial score (nSPS) is 11.4. The molecule has 2 aromatic carbocycles. The molecule has 1 aromatic heterocycles. The van der Waals surface area contributed by atoms with Crippen LogP contribution in [0.2, 0.25) is 5.02 Å². The van der Waals surface area contributed by atoms with Crippen molar-refractivity contribution in [1.29, 1.82) is 0 Å². The molecule has 0 aliphatic heterocycles. The first-order chi connectivity index (χ1) is 11.0. The van der Waals surface area contributed by atoms with E-state index in [1.165, 1.54) is 25.3 Å². The molecule has 0 fully saturated rings. The summed E-state index contributed by atoms with van der Waals surface area (Å²) in [7, 11) is -2.62. The van der Waals surface area contributed by atoms with Crippen molar-refractivity contribution in [3.8, 4) is 11.5 Å². The number of aromatic nitrogens is 1. The van der Waals surface area contributed by atoms with Crippen LogP contribution in [-0.2, 0) is 10.1 Å². The Bertz CT molecular complexity index is 967. The van der Waals surface area contributed by atoms with Crippen molar-refractivity contribution < 1.29 is 17.3 Å². The van der Waals surface area contributed by atoms with Crippen molar-refractivity contribution in [1.82, 2.24) is 4.98 Å². The van der Waals surface area contributed by atoms with Gasteiger partial charge in [0.05, 0.1) is 12.1 Å². The number of halogens is 1. The zero-order valence-electron chi connectivity index (χ0n) is 12.1. The second-order valence-electron chi connectivity index (χ2n) is 4.67. The molecule has 0 aliphatic rings. The van der Waals surface area contributed by atoms with Gasteiger partial charge in [-0.2, -0.15) is 8.42 Å². The van der Waals surface area contributed by atoms with Crippen LogP contribution in [0.3, 0.4) is 0 Å². The van der Waals surface area contributed by atoms with E-state index in [9.17, 15) is 8.42 Å². The number of hydrogen-bond acceptors (Lipinski definition) is 5. The summed E-state index contributed by atoms with van der Waals surface area (Å²) < 4.78 is 35.2. The molecule has 3 rings (SSSR count). The van der Waals surface area contributed by atoms with Crippen molar-refractivity contribution in [2.75, 3.05) is 7.11 Å². The molecule has 0 saturated heterocycles. The summed E-state index contributed by atoms with van der Waals surface area (Å²) in [6.45, 7) is 0. The Balaban J connectivity index is 2.04. The van der Waals surface area contributed by atoms with Gasteiger partial charge in [-0.1, -0.05) is 29.8 Å². The van der Waals surface area contributed by atoms with E-state index in [0.717, 1.165) is 5.39 Å². The second kappa shape index (κ2) is 6.06. The van der Waals surface area contributed by atoms with Crippen molar-refractivity contribution in [2.24, 2.45) is 0 Å². The Hall–Kier alpha value is -2.31. The average Bonchev–Trinajstić information content (AvgIpc) is 2.55. The predicted octanol–water partition coefficient (Wildman–Crippen LogP) is 3.66. The molecular weight excluding hydrogens is 338 g/mol. The lowest BCUT2D eigenvalue weighted by Crippen LogP contribution is -2.10. The van der Waals surface area contributed by atoms with Crippen molar-refractivity contribution in [3.05, 3.63) is 59.8 Å². The zero-order chi connectivity index (χ0) is 16.4. The summed E-state index contributed by atoms with van der Waals surface area (Å²) in [6.07, 6.45) is 1.58. The third-order valence-electron chi connectivity index (χ3n) is 3.21. The lowest BCUT2D eigenvalue weighted by molar-refractivity contribution is 0.413. The van der Waals surface area contributed by atoms with Crippen LogP contribution in [0.5, 0.6) is 11.5 Å². The van der Waals surface area contributed by atoms with Crippen LogP contribution in [0, 0.1) is 0 Å². The van der Waals surface area contributed by atoms with Gasteiger partial charge in [-0.15, -0.1) is 0 Å². The van der Waals surface area contributed by atoms with Gasteiger partial charge in [-0.05, 0) is 24.3 Å². The zero-order valence-corrected chi connectivity index (χ0v) is 13.6. The van der Waals surface area contributed by atoms with Gasteiger partial charge in [0.1, 0.15) is 16.2 Å². The minimum absolute atomic E-state index is 0.0494. The van der Waals surface area contributed by atoms with Crippen LogP contribution in [0.25, 0.3) is 10.9 Å². The van der Waals surface area contributed by atoms with Gasteiger partial charge in [-0.25, -0.2) is 0 Å². The van der Waals surface area contributed by atoms with E-state index >= 15 is 0 Å². The summed E-state index contributed by atoms with van der Waals surface area (Å²) in [6, 6.07) is 12.8. The van der Waals surface area contributed by atoms with E-state index in [0.29, 0.717) is 10.5 Å². The van der Waals surface area contributed by atoms with Gasteiger partial charge < -0.3 is 8.92 Å². The smallest absolute Gasteiger partial charge is 0.339 e. The number of methoxy groups -OCH3 is 1. The van der Waals surface area contributed by atoms with Gasteiger partial charge >= 0.3 is 10.1 Å². The first-order valence-electron chi connectivity index (χ1n) is 6.63. The van der Waals surface area contributed by atoms with Gasteiger partial charge in [0.25, 0.3) is 0 Å². The fraction of sp³-hybridized carbons (Fsp3) is 0.0625. The molecule has 23 heavy (non-hydrogen) atoms. The van der Waals surface area contributed by atoms with E-state index in [1.54, 1.807) is 24.4 Å². The molecule has 0 N–H and O–H groups in total. The number of fused-ring (bicyclic) bond motifs is 1. The Morgan fingerprint density at radius 1 is 1.04 bits per heavy atom. The summed E-state index contributed by atoms with van der Waals surface area (Å²) >= 11 is 5.91. The highest BCUT2D eigenvalue weighted by atomic mass is 35.5. The third-order valence-corrected chi connectivity index (χ3v) is 4.75. The SMILES string of the molecule is COc1cc(S(=O)(=O)Oc2cccc3cccnc23)ccc1Cl. The molecule has 5 nitrogen and oxygen atoms in total. The van der Waals surface area contributed by atoms with Crippen molar-refractivity contribution in [3.63, 3.8) is 0 Å². The van der Waals surface area contributed by atoms with Crippen LogP contribution < -0.4 is 8.92 Å². The number of benzene rings is 2. The molecule has 0 aliphatic carbocycles. The fourth-order valence-corrected chi connectivity index (χ4v) is 3.25. The Labute approximate surface area is 138 Å². The van der Waals surface area contributed by atoms with E-state index in [2.05, 4.69) is 4.98 Å². The topological polar surface area (TPSA) is 65.5 Å². The van der Waals surface area contributed by atoms with E-state index < -0.39 is 10.1 Å². The maximum atomic E-state index is 12.5. The maximum Gasteiger partial charge on any atom is 0.339 e. The lowest BCUT2D eigenvalue weighted by atomic mass is 10.2. The van der Waals surface area contributed by atoms with Crippen LogP contribution in [0.15, 0.2) is 59.6 Å². The summed E-state index contributed by atoms with van der Waals surface area (Å²) in [5.41, 5.74) is 0.472. The molecular formula is C16H12ClNO4S. The first kappa shape index (κ1) is 15.6. The highest BCUT2D eigenvalue weighted by Crippen LogP contribution is 2.30. The lowest BCUT2D eigenvalue weighted by Gasteiger charge is -2.10. The standard InChI is InChI=1S/C16H12ClNO4S/c1-21-15-10-12(7-8-13(15)17)23(19,20)22-14-6-2-4-11-5-3-9-18-16(11)14/h2-10H,1H3. The molecule has 3 aromatic rings. The van der Waals surface area contributed by atoms with Crippen LogP contribution in [0.4, 0.5) is 0 Å². The minimum atomic E-state index is -4.03. The molecule has 0 unspecified atom stereocenters. The Morgan fingerprint density at radius 2 is 1.83 bits per heavy atom. The highest BCUT2D eigenvalue weighted by Gasteiger charge is 2.20. The molecule has 0 spiro atoms. The average molecular weight is 350 g/mol. The van der Waals surface area contributed by atoms with Gasteiger partial charge in [0, 0.05) is 17.6 Å². The number of ether oxygens (including phenoxy) is 1. The Kier molecular flexibility index (Phi) is 4.11. The number of para-hydroxylation sites is 1. The molecule has 0 radical (unpaired) electrons. The Morgan fingerprint density at radius 3 is 2.61 bits per heavy atom. The molecule has 7 heteroatoms. The first-order valence-corrected chi connectivity index (χ1v) is 8.42. The number of rotatable bonds is 4. The maximum absolute atomic E-state index is 12.5. The molecule has 0 amide bonds. The van der Waals surface area contributed by atoms with Crippen molar-refractivity contribution in [2.45, 2.75) is 4.90 Å². The molecule has 0 bridgehead atoms. The van der Waals surface area contributed by atoms with E-state index in [1.807, 2.05) is 12.1 Å². The monoisotopic (exact) mass is 349 g/mol. The van der Waals surface area contributed by atoms with Gasteiger partial charge in [-0.3, -0.25) is 4.98 Å². The van der Waals surface area contributed by atoms with Crippen LogP contribution in [-0.4, -0.2) is 20.5 Å². The quantitative estimate of drug-likeness (QED) is 0.672. The summed E-state index contributed by atoms with van der Waals surface area (Å²) in [5.74, 6) is 0.421. The number of nitrogens with zero attached hydrogens (tertiary/aromatic N) is 1. The van der Waals surface area contributed by atoms with E-state index in [-0.39, 0.29) is 16.4 Å². The molecule has 0 atom stereocenters. The van der Waals surface area contributed by atoms with Gasteiger partial charge in [0.15, 0.2) is 5.75 Å². The van der Waals surface area contributed by atoms with Gasteiger partial charge in [0.2, 0.25) is 0 Å². The highest BCUT2D eigenvalue weighted by molar-refractivity contribution is 7.87. The molecule has 118 valence electrons. The number of pyridine rings is 1. The van der Waals surface area contributed by atoms with Crippen LogP contribution >= 0.6 is 11.6 Å². The summed E-state index contributed by atoms with van der Waals surface area (Å²) in [4.78, 5) is 4.12. The number of hydrogen-bond donors (Lipinski definition) is 0. The van der Waals surface area contributed by atoms with Crippen LogP contribution in [0.1, 0.15) is 0 Å². The molecule has 0 saturated carbocycles. The molecule has 1 heterocycles. The predicted molar refractivity (Wildman–Crippen MR) is 87.6 cm³/mol.